The number of quaternary nitrogens is 1. The van der Waals surface area contributed by atoms with Crippen molar-refractivity contribution in [1.29, 1.82) is 0 Å². The van der Waals surface area contributed by atoms with Crippen molar-refractivity contribution in [3.05, 3.63) is 59.7 Å². The second-order valence-corrected chi connectivity index (χ2v) is 9.97. The first-order valence-corrected chi connectivity index (χ1v) is 12.1. The van der Waals surface area contributed by atoms with E-state index in [1.807, 2.05) is 6.92 Å². The number of anilines is 1. The number of benzene rings is 2. The molecule has 2 aromatic rings. The van der Waals surface area contributed by atoms with Crippen LogP contribution < -0.4 is 10.6 Å². The number of rotatable bonds is 8. The van der Waals surface area contributed by atoms with E-state index in [4.69, 9.17) is 0 Å². The summed E-state index contributed by atoms with van der Waals surface area (Å²) in [6.45, 7) is 7.22. The van der Waals surface area contributed by atoms with Gasteiger partial charge in [0.1, 0.15) is 6.04 Å². The van der Waals surface area contributed by atoms with Crippen LogP contribution >= 0.6 is 0 Å². The minimum absolute atomic E-state index is 0.101. The largest absolute Gasteiger partial charge is 0.330 e. The molecule has 6 nitrogen and oxygen atoms in total. The topological polar surface area (TPSA) is 83.1 Å². The fraction of sp³-hybridized carbons (Fsp3) is 0.435. The lowest BCUT2D eigenvalue weighted by atomic mass is 10.0. The molecule has 0 bridgehead atoms. The summed E-state index contributed by atoms with van der Waals surface area (Å²) in [4.78, 5) is 12.9. The van der Waals surface area contributed by atoms with Gasteiger partial charge in [0, 0.05) is 30.8 Å². The molecule has 0 unspecified atom stereocenters. The van der Waals surface area contributed by atoms with E-state index in [9.17, 15) is 13.2 Å². The van der Waals surface area contributed by atoms with E-state index in [1.54, 1.807) is 24.3 Å². The van der Waals surface area contributed by atoms with Crippen molar-refractivity contribution in [2.75, 3.05) is 18.4 Å². The number of nitrogens with one attached hydrogen (secondary N) is 1. The fourth-order valence-corrected chi connectivity index (χ4v) is 5.29. The minimum atomic E-state index is -3.44. The first kappa shape index (κ1) is 22.5. The molecule has 0 aromatic heterocycles. The molecule has 7 heteroatoms. The highest BCUT2D eigenvalue weighted by molar-refractivity contribution is 7.89. The van der Waals surface area contributed by atoms with Crippen LogP contribution in [0.3, 0.4) is 0 Å². The lowest BCUT2D eigenvalue weighted by Gasteiger charge is -2.19. The molecule has 1 amide bonds. The first-order chi connectivity index (χ1) is 14.3. The third-order valence-corrected chi connectivity index (χ3v) is 7.62. The van der Waals surface area contributed by atoms with Crippen LogP contribution in [-0.2, 0) is 14.8 Å². The van der Waals surface area contributed by atoms with E-state index in [1.165, 1.54) is 15.4 Å². The standard InChI is InChI=1S/C23H31N3O3S/c1-4-22(19-9-7-17(2)8-10-19)24-18(3)23(27)25-20-11-13-21(14-12-20)30(28,29)26-15-5-6-16-26/h7-14,18,22,24H,4-6,15-16H2,1-3H3,(H,25,27)/p+1/t18-,22+/m0/s1. The molecule has 2 atom stereocenters. The average molecular weight is 431 g/mol. The van der Waals surface area contributed by atoms with Gasteiger partial charge < -0.3 is 10.6 Å². The van der Waals surface area contributed by atoms with Gasteiger partial charge in [-0.25, -0.2) is 8.42 Å². The number of hydrogen-bond acceptors (Lipinski definition) is 3. The van der Waals surface area contributed by atoms with Gasteiger partial charge in [-0.05, 0) is 51.0 Å². The quantitative estimate of drug-likeness (QED) is 0.676. The van der Waals surface area contributed by atoms with Gasteiger partial charge in [-0.2, -0.15) is 4.31 Å². The molecule has 2 aromatic carbocycles. The molecular formula is C23H32N3O3S+. The third kappa shape index (κ3) is 5.28. The molecule has 1 saturated heterocycles. The highest BCUT2D eigenvalue weighted by atomic mass is 32.2. The van der Waals surface area contributed by atoms with Crippen LogP contribution in [-0.4, -0.2) is 37.8 Å². The Morgan fingerprint density at radius 2 is 1.67 bits per heavy atom. The van der Waals surface area contributed by atoms with Gasteiger partial charge in [0.25, 0.3) is 5.91 Å². The van der Waals surface area contributed by atoms with Crippen LogP contribution in [0.2, 0.25) is 0 Å². The van der Waals surface area contributed by atoms with Crippen LogP contribution in [0.15, 0.2) is 53.4 Å². The highest BCUT2D eigenvalue weighted by Gasteiger charge is 2.27. The Balaban J connectivity index is 1.61. The molecule has 1 aliphatic rings. The molecule has 162 valence electrons. The lowest BCUT2D eigenvalue weighted by molar-refractivity contribution is -0.713. The zero-order valence-electron chi connectivity index (χ0n) is 18.0. The molecule has 30 heavy (non-hydrogen) atoms. The number of aryl methyl sites for hydroxylation is 1. The summed E-state index contributed by atoms with van der Waals surface area (Å²) in [6, 6.07) is 14.8. The Labute approximate surface area is 179 Å². The maximum atomic E-state index is 12.7. The van der Waals surface area contributed by atoms with E-state index in [2.05, 4.69) is 48.7 Å². The minimum Gasteiger partial charge on any atom is -0.330 e. The SMILES string of the molecule is CC[C@@H]([NH2+][C@@H](C)C(=O)Nc1ccc(S(=O)(=O)N2CCCC2)cc1)c1ccc(C)cc1. The van der Waals surface area contributed by atoms with Gasteiger partial charge in [-0.3, -0.25) is 4.79 Å². The van der Waals surface area contributed by atoms with E-state index < -0.39 is 10.0 Å². The van der Waals surface area contributed by atoms with Gasteiger partial charge in [0.15, 0.2) is 6.04 Å². The summed E-state index contributed by atoms with van der Waals surface area (Å²) in [5.41, 5.74) is 3.03. The van der Waals surface area contributed by atoms with Gasteiger partial charge in [0.2, 0.25) is 10.0 Å². The van der Waals surface area contributed by atoms with E-state index in [-0.39, 0.29) is 22.9 Å². The number of hydrogen-bond donors (Lipinski definition) is 2. The van der Waals surface area contributed by atoms with E-state index in [0.29, 0.717) is 18.8 Å². The van der Waals surface area contributed by atoms with Crippen LogP contribution in [0.25, 0.3) is 0 Å². The number of carbonyl (C=O) groups excluding carboxylic acids is 1. The second-order valence-electron chi connectivity index (χ2n) is 8.03. The van der Waals surface area contributed by atoms with Crippen LogP contribution in [0.5, 0.6) is 0 Å². The van der Waals surface area contributed by atoms with Gasteiger partial charge in [-0.1, -0.05) is 36.8 Å². The van der Waals surface area contributed by atoms with E-state index >= 15 is 0 Å². The van der Waals surface area contributed by atoms with Gasteiger partial charge >= 0.3 is 0 Å². The maximum Gasteiger partial charge on any atom is 0.282 e. The van der Waals surface area contributed by atoms with Gasteiger partial charge in [-0.15, -0.1) is 0 Å². The summed E-state index contributed by atoms with van der Waals surface area (Å²) in [6.07, 6.45) is 2.73. The second kappa shape index (κ2) is 9.73. The van der Waals surface area contributed by atoms with Crippen molar-refractivity contribution in [2.45, 2.75) is 57.0 Å². The normalized spacial score (nSPS) is 16.9. The Morgan fingerprint density at radius 3 is 2.23 bits per heavy atom. The third-order valence-electron chi connectivity index (χ3n) is 5.70. The zero-order valence-corrected chi connectivity index (χ0v) is 18.8. The fourth-order valence-electron chi connectivity index (χ4n) is 3.78. The van der Waals surface area contributed by atoms with Crippen LogP contribution in [0, 0.1) is 6.92 Å². The van der Waals surface area contributed by atoms with Crippen molar-refractivity contribution in [1.82, 2.24) is 4.31 Å². The predicted molar refractivity (Wildman–Crippen MR) is 119 cm³/mol. The Kier molecular flexibility index (Phi) is 7.28. The monoisotopic (exact) mass is 430 g/mol. The number of nitrogens with zero attached hydrogens (tertiary/aromatic N) is 1. The number of amides is 1. The molecular weight excluding hydrogens is 398 g/mol. The van der Waals surface area contributed by atoms with E-state index in [0.717, 1.165) is 19.3 Å². The van der Waals surface area contributed by atoms with Crippen molar-refractivity contribution in [2.24, 2.45) is 0 Å². The smallest absolute Gasteiger partial charge is 0.282 e. The zero-order chi connectivity index (χ0) is 21.7. The average Bonchev–Trinajstić information content (AvgIpc) is 3.29. The molecule has 1 aliphatic heterocycles. The molecule has 0 radical (unpaired) electrons. The Hall–Kier alpha value is -2.22. The molecule has 1 fully saturated rings. The lowest BCUT2D eigenvalue weighted by Crippen LogP contribution is -2.92. The highest BCUT2D eigenvalue weighted by Crippen LogP contribution is 2.22. The molecule has 0 spiro atoms. The Morgan fingerprint density at radius 1 is 1.07 bits per heavy atom. The van der Waals surface area contributed by atoms with Crippen LogP contribution in [0.1, 0.15) is 50.3 Å². The summed E-state index contributed by atoms with van der Waals surface area (Å²) >= 11 is 0. The van der Waals surface area contributed by atoms with Crippen molar-refractivity contribution in [3.8, 4) is 0 Å². The first-order valence-electron chi connectivity index (χ1n) is 10.6. The maximum absolute atomic E-state index is 12.7. The summed E-state index contributed by atoms with van der Waals surface area (Å²) in [5, 5.41) is 4.98. The van der Waals surface area contributed by atoms with Gasteiger partial charge in [0.05, 0.1) is 4.90 Å². The molecule has 3 N–H and O–H groups in total. The van der Waals surface area contributed by atoms with Crippen molar-refractivity contribution < 1.29 is 18.5 Å². The summed E-state index contributed by atoms with van der Waals surface area (Å²) in [5.74, 6) is -0.101. The van der Waals surface area contributed by atoms with Crippen molar-refractivity contribution >= 4 is 21.6 Å². The molecule has 0 aliphatic carbocycles. The summed E-state index contributed by atoms with van der Waals surface area (Å²) in [7, 11) is -3.44. The number of sulfonamides is 1. The molecule has 0 saturated carbocycles. The summed E-state index contributed by atoms with van der Waals surface area (Å²) < 4.78 is 26.8. The Bertz CT molecular complexity index is 950. The van der Waals surface area contributed by atoms with Crippen LogP contribution in [0.4, 0.5) is 5.69 Å². The predicted octanol–water partition coefficient (Wildman–Crippen LogP) is 2.82. The number of carbonyl (C=O) groups is 1. The molecule has 3 rings (SSSR count). The molecule has 1 heterocycles. The van der Waals surface area contributed by atoms with Crippen molar-refractivity contribution in [3.63, 3.8) is 0 Å². The number of nitrogens with two attached hydrogens (primary N) is 1.